The number of esters is 1. The van der Waals surface area contributed by atoms with E-state index in [-0.39, 0.29) is 29.5 Å². The van der Waals surface area contributed by atoms with Gasteiger partial charge in [0, 0.05) is 37.8 Å². The summed E-state index contributed by atoms with van der Waals surface area (Å²) in [5.41, 5.74) is 2.23. The van der Waals surface area contributed by atoms with Crippen molar-refractivity contribution < 1.29 is 32.2 Å². The van der Waals surface area contributed by atoms with Crippen LogP contribution in [0, 0.1) is 5.82 Å². The van der Waals surface area contributed by atoms with Crippen LogP contribution >= 0.6 is 0 Å². The van der Waals surface area contributed by atoms with E-state index in [9.17, 15) is 27.5 Å². The van der Waals surface area contributed by atoms with Crippen LogP contribution in [0.25, 0.3) is 11.4 Å². The zero-order valence-electron chi connectivity index (χ0n) is 22.1. The maximum Gasteiger partial charge on any atom is 0.308 e. The quantitative estimate of drug-likeness (QED) is 0.385. The second-order valence-electron chi connectivity index (χ2n) is 10.1. The predicted octanol–water partition coefficient (Wildman–Crippen LogP) is 3.60. The highest BCUT2D eigenvalue weighted by Gasteiger charge is 2.29. The van der Waals surface area contributed by atoms with Gasteiger partial charge in [0.1, 0.15) is 23.4 Å². The standard InChI is InChI=1S/C28H32FN3O6S/c1-17(2)26-25(28(35)30-16-18-4-10-23(11-5-18)39(3,36)37)31-27(19-6-8-20(29)9-7-19)32(26)13-12-22-14-21(33)15-24(34)38-22/h4-11,17,21-22,33H,12-16H2,1-3H3,(H,30,35)/t21-,22-/m1/s1. The summed E-state index contributed by atoms with van der Waals surface area (Å²) in [6.45, 7) is 4.40. The van der Waals surface area contributed by atoms with Gasteiger partial charge in [0.25, 0.3) is 5.91 Å². The van der Waals surface area contributed by atoms with Crippen molar-refractivity contribution in [3.05, 3.63) is 71.3 Å². The van der Waals surface area contributed by atoms with Crippen LogP contribution in [0.4, 0.5) is 4.39 Å². The minimum atomic E-state index is -3.33. The molecule has 11 heteroatoms. The number of cyclic esters (lactones) is 1. The van der Waals surface area contributed by atoms with E-state index in [1.807, 2.05) is 18.4 Å². The van der Waals surface area contributed by atoms with Crippen LogP contribution in [0.15, 0.2) is 53.4 Å². The lowest BCUT2D eigenvalue weighted by Gasteiger charge is -2.26. The number of nitrogens with one attached hydrogen (secondary N) is 1. The Morgan fingerprint density at radius 1 is 1.18 bits per heavy atom. The van der Waals surface area contributed by atoms with E-state index < -0.39 is 39.7 Å². The molecule has 1 fully saturated rings. The molecule has 2 N–H and O–H groups in total. The molecule has 39 heavy (non-hydrogen) atoms. The maximum absolute atomic E-state index is 13.7. The summed E-state index contributed by atoms with van der Waals surface area (Å²) in [5.74, 6) is -0.890. The van der Waals surface area contributed by atoms with Crippen LogP contribution < -0.4 is 5.32 Å². The van der Waals surface area contributed by atoms with Crippen molar-refractivity contribution in [3.63, 3.8) is 0 Å². The number of rotatable bonds is 9. The van der Waals surface area contributed by atoms with Gasteiger partial charge in [0.05, 0.1) is 23.1 Å². The molecule has 2 heterocycles. The molecule has 0 unspecified atom stereocenters. The van der Waals surface area contributed by atoms with Gasteiger partial charge in [-0.3, -0.25) is 9.59 Å². The molecule has 0 bridgehead atoms. The monoisotopic (exact) mass is 557 g/mol. The molecule has 208 valence electrons. The third kappa shape index (κ3) is 6.90. The number of ether oxygens (including phenoxy) is 1. The third-order valence-electron chi connectivity index (χ3n) is 6.59. The van der Waals surface area contributed by atoms with E-state index in [1.54, 1.807) is 24.3 Å². The van der Waals surface area contributed by atoms with Crippen LogP contribution in [-0.2, 0) is 32.5 Å². The number of aromatic nitrogens is 2. The number of carbonyl (C=O) groups excluding carboxylic acids is 2. The average molecular weight is 558 g/mol. The van der Waals surface area contributed by atoms with E-state index in [1.165, 1.54) is 24.3 Å². The van der Waals surface area contributed by atoms with Gasteiger partial charge in [-0.15, -0.1) is 0 Å². The largest absolute Gasteiger partial charge is 0.462 e. The van der Waals surface area contributed by atoms with Gasteiger partial charge < -0.3 is 19.7 Å². The van der Waals surface area contributed by atoms with Crippen LogP contribution in [0.5, 0.6) is 0 Å². The Labute approximate surface area is 226 Å². The summed E-state index contributed by atoms with van der Waals surface area (Å²) < 4.78 is 44.4. The number of imidazole rings is 1. The minimum absolute atomic E-state index is 0.0268. The molecule has 0 aliphatic carbocycles. The average Bonchev–Trinajstić information content (AvgIpc) is 3.25. The molecule has 4 rings (SSSR count). The van der Waals surface area contributed by atoms with E-state index >= 15 is 0 Å². The summed E-state index contributed by atoms with van der Waals surface area (Å²) in [4.78, 5) is 30.1. The molecule has 0 spiro atoms. The highest BCUT2D eigenvalue weighted by atomic mass is 32.2. The fraction of sp³-hybridized carbons (Fsp3) is 0.393. The first kappa shape index (κ1) is 28.4. The van der Waals surface area contributed by atoms with E-state index in [4.69, 9.17) is 4.74 Å². The Hall–Kier alpha value is -3.57. The van der Waals surface area contributed by atoms with Crippen molar-refractivity contribution in [2.75, 3.05) is 6.26 Å². The Morgan fingerprint density at radius 2 is 1.85 bits per heavy atom. The highest BCUT2D eigenvalue weighted by molar-refractivity contribution is 7.90. The lowest BCUT2D eigenvalue weighted by Crippen LogP contribution is -2.33. The second-order valence-corrected chi connectivity index (χ2v) is 12.1. The number of sulfone groups is 1. The normalized spacial score (nSPS) is 17.7. The first-order chi connectivity index (χ1) is 18.4. The predicted molar refractivity (Wildman–Crippen MR) is 142 cm³/mol. The van der Waals surface area contributed by atoms with E-state index in [0.29, 0.717) is 36.5 Å². The zero-order chi connectivity index (χ0) is 28.3. The van der Waals surface area contributed by atoms with Crippen molar-refractivity contribution in [2.45, 2.75) is 69.2 Å². The molecular weight excluding hydrogens is 525 g/mol. The number of benzene rings is 2. The van der Waals surface area contributed by atoms with Crippen molar-refractivity contribution in [2.24, 2.45) is 0 Å². The van der Waals surface area contributed by atoms with Gasteiger partial charge >= 0.3 is 5.97 Å². The molecule has 1 amide bonds. The molecule has 1 aliphatic rings. The molecule has 9 nitrogen and oxygen atoms in total. The van der Waals surface area contributed by atoms with Gasteiger partial charge in [-0.1, -0.05) is 26.0 Å². The number of aliphatic hydroxyl groups excluding tert-OH is 1. The number of hydrogen-bond acceptors (Lipinski definition) is 7. The molecule has 1 saturated heterocycles. The van der Waals surface area contributed by atoms with Gasteiger partial charge in [-0.05, 0) is 47.9 Å². The molecular formula is C28H32FN3O6S. The zero-order valence-corrected chi connectivity index (χ0v) is 22.9. The molecule has 1 aromatic heterocycles. The van der Waals surface area contributed by atoms with Crippen molar-refractivity contribution >= 4 is 21.7 Å². The van der Waals surface area contributed by atoms with Crippen molar-refractivity contribution in [1.29, 1.82) is 0 Å². The fourth-order valence-electron chi connectivity index (χ4n) is 4.70. The van der Waals surface area contributed by atoms with E-state index in [2.05, 4.69) is 10.3 Å². The van der Waals surface area contributed by atoms with Crippen molar-refractivity contribution in [3.8, 4) is 11.4 Å². The fourth-order valence-corrected chi connectivity index (χ4v) is 5.33. The summed E-state index contributed by atoms with van der Waals surface area (Å²) >= 11 is 0. The minimum Gasteiger partial charge on any atom is -0.462 e. The van der Waals surface area contributed by atoms with Gasteiger partial charge in [0.2, 0.25) is 0 Å². The number of carbonyl (C=O) groups is 2. The number of hydrogen-bond donors (Lipinski definition) is 2. The Bertz CT molecular complexity index is 1450. The smallest absolute Gasteiger partial charge is 0.308 e. The van der Waals surface area contributed by atoms with Crippen molar-refractivity contribution in [1.82, 2.24) is 14.9 Å². The Balaban J connectivity index is 1.63. The summed E-state index contributed by atoms with van der Waals surface area (Å²) in [5, 5.41) is 12.9. The number of aliphatic hydroxyl groups is 1. The second kappa shape index (κ2) is 11.7. The topological polar surface area (TPSA) is 128 Å². The van der Waals surface area contributed by atoms with Crippen LogP contribution in [0.2, 0.25) is 0 Å². The van der Waals surface area contributed by atoms with Crippen LogP contribution in [0.3, 0.4) is 0 Å². The Morgan fingerprint density at radius 3 is 2.44 bits per heavy atom. The lowest BCUT2D eigenvalue weighted by molar-refractivity contribution is -0.160. The van der Waals surface area contributed by atoms with Gasteiger partial charge in [-0.2, -0.15) is 0 Å². The summed E-state index contributed by atoms with van der Waals surface area (Å²) in [7, 11) is -3.33. The Kier molecular flexibility index (Phi) is 8.51. The molecule has 3 aromatic rings. The lowest BCUT2D eigenvalue weighted by atomic mass is 10.0. The SMILES string of the molecule is CC(C)c1c(C(=O)NCc2ccc(S(C)(=O)=O)cc2)nc(-c2ccc(F)cc2)n1CC[C@@H]1C[C@@H](O)CC(=O)O1. The first-order valence-electron chi connectivity index (χ1n) is 12.7. The molecule has 0 radical (unpaired) electrons. The molecule has 2 atom stereocenters. The molecule has 2 aromatic carbocycles. The molecule has 1 aliphatic heterocycles. The number of amides is 1. The van der Waals surface area contributed by atoms with Gasteiger partial charge in [0.15, 0.2) is 9.84 Å². The highest BCUT2D eigenvalue weighted by Crippen LogP contribution is 2.30. The van der Waals surface area contributed by atoms with Gasteiger partial charge in [-0.25, -0.2) is 17.8 Å². The summed E-state index contributed by atoms with van der Waals surface area (Å²) in [6, 6.07) is 12.1. The first-order valence-corrected chi connectivity index (χ1v) is 14.6. The van der Waals surface area contributed by atoms with Crippen LogP contribution in [0.1, 0.15) is 60.8 Å². The van der Waals surface area contributed by atoms with Crippen LogP contribution in [-0.4, -0.2) is 53.4 Å². The number of nitrogens with zero attached hydrogens (tertiary/aromatic N) is 2. The summed E-state index contributed by atoms with van der Waals surface area (Å²) in [6.07, 6.45) is 0.605. The number of halogens is 1. The maximum atomic E-state index is 13.7. The molecule has 0 saturated carbocycles. The van der Waals surface area contributed by atoms with E-state index in [0.717, 1.165) is 11.8 Å². The third-order valence-corrected chi connectivity index (χ3v) is 7.71.